The Bertz CT molecular complexity index is 411. The Morgan fingerprint density at radius 1 is 1.21 bits per heavy atom. The first-order chi connectivity index (χ1) is 8.99. The largest absolute Gasteiger partial charge is 0.493 e. The SMILES string of the molecule is COc1cc(Br)c(CNCC(C)N(C)C)cc1OC. The Hall–Kier alpha value is -0.780. The molecule has 4 nitrogen and oxygen atoms in total. The maximum absolute atomic E-state index is 5.32. The number of hydrogen-bond acceptors (Lipinski definition) is 4. The molecule has 0 saturated carbocycles. The van der Waals surface area contributed by atoms with Crippen molar-refractivity contribution in [2.45, 2.75) is 19.5 Å². The fraction of sp³-hybridized carbons (Fsp3) is 0.571. The molecule has 0 aliphatic rings. The number of likely N-dealkylation sites (N-methyl/N-ethyl adjacent to an activating group) is 1. The van der Waals surface area contributed by atoms with Gasteiger partial charge in [-0.1, -0.05) is 15.9 Å². The molecule has 0 aromatic heterocycles. The highest BCUT2D eigenvalue weighted by atomic mass is 79.9. The van der Waals surface area contributed by atoms with E-state index in [1.54, 1.807) is 14.2 Å². The number of benzene rings is 1. The van der Waals surface area contributed by atoms with Gasteiger partial charge in [-0.15, -0.1) is 0 Å². The van der Waals surface area contributed by atoms with Crippen molar-refractivity contribution in [3.05, 3.63) is 22.2 Å². The molecule has 0 spiro atoms. The van der Waals surface area contributed by atoms with E-state index in [-0.39, 0.29) is 0 Å². The predicted molar refractivity (Wildman–Crippen MR) is 82.1 cm³/mol. The van der Waals surface area contributed by atoms with Crippen molar-refractivity contribution in [3.8, 4) is 11.5 Å². The average molecular weight is 331 g/mol. The van der Waals surface area contributed by atoms with Gasteiger partial charge in [-0.25, -0.2) is 0 Å². The molecule has 1 rings (SSSR count). The molecular weight excluding hydrogens is 308 g/mol. The van der Waals surface area contributed by atoms with Crippen molar-refractivity contribution in [1.29, 1.82) is 0 Å². The van der Waals surface area contributed by atoms with Crippen LogP contribution >= 0.6 is 15.9 Å². The van der Waals surface area contributed by atoms with E-state index in [0.717, 1.165) is 34.6 Å². The molecule has 108 valence electrons. The number of nitrogens with zero attached hydrogens (tertiary/aromatic N) is 1. The molecule has 0 amide bonds. The van der Waals surface area contributed by atoms with E-state index in [2.05, 4.69) is 47.2 Å². The molecule has 0 saturated heterocycles. The van der Waals surface area contributed by atoms with Crippen LogP contribution in [0.3, 0.4) is 0 Å². The third-order valence-electron chi connectivity index (χ3n) is 3.19. The summed E-state index contributed by atoms with van der Waals surface area (Å²) in [5.74, 6) is 1.49. The van der Waals surface area contributed by atoms with Crippen molar-refractivity contribution in [1.82, 2.24) is 10.2 Å². The molecule has 0 radical (unpaired) electrons. The number of ether oxygens (including phenoxy) is 2. The van der Waals surface area contributed by atoms with Crippen LogP contribution in [0.25, 0.3) is 0 Å². The van der Waals surface area contributed by atoms with E-state index >= 15 is 0 Å². The Balaban J connectivity index is 2.68. The van der Waals surface area contributed by atoms with Crippen molar-refractivity contribution in [3.63, 3.8) is 0 Å². The van der Waals surface area contributed by atoms with Gasteiger partial charge in [0.2, 0.25) is 0 Å². The monoisotopic (exact) mass is 330 g/mol. The summed E-state index contributed by atoms with van der Waals surface area (Å²) in [6.45, 7) is 3.92. The molecule has 19 heavy (non-hydrogen) atoms. The van der Waals surface area contributed by atoms with Gasteiger partial charge in [0.15, 0.2) is 11.5 Å². The van der Waals surface area contributed by atoms with E-state index in [0.29, 0.717) is 6.04 Å². The smallest absolute Gasteiger partial charge is 0.161 e. The van der Waals surface area contributed by atoms with Crippen LogP contribution in [0.5, 0.6) is 11.5 Å². The highest BCUT2D eigenvalue weighted by molar-refractivity contribution is 9.10. The fourth-order valence-electron chi connectivity index (χ4n) is 1.63. The lowest BCUT2D eigenvalue weighted by molar-refractivity contribution is 0.302. The van der Waals surface area contributed by atoms with Crippen LogP contribution in [0.2, 0.25) is 0 Å². The van der Waals surface area contributed by atoms with Crippen LogP contribution in [0.4, 0.5) is 0 Å². The molecule has 1 aromatic rings. The lowest BCUT2D eigenvalue weighted by Gasteiger charge is -2.20. The van der Waals surface area contributed by atoms with E-state index < -0.39 is 0 Å². The van der Waals surface area contributed by atoms with Gasteiger partial charge in [0.05, 0.1) is 14.2 Å². The number of hydrogen-bond donors (Lipinski definition) is 1. The minimum Gasteiger partial charge on any atom is -0.493 e. The normalized spacial score (nSPS) is 12.6. The summed E-state index contributed by atoms with van der Waals surface area (Å²) in [5, 5.41) is 3.44. The Morgan fingerprint density at radius 3 is 2.32 bits per heavy atom. The summed E-state index contributed by atoms with van der Waals surface area (Å²) in [5.41, 5.74) is 1.16. The lowest BCUT2D eigenvalue weighted by atomic mass is 10.2. The summed E-state index contributed by atoms with van der Waals surface area (Å²) in [4.78, 5) is 2.19. The number of methoxy groups -OCH3 is 2. The molecule has 1 atom stereocenters. The van der Waals surface area contributed by atoms with E-state index in [9.17, 15) is 0 Å². The maximum atomic E-state index is 5.32. The highest BCUT2D eigenvalue weighted by Crippen LogP contribution is 2.33. The molecule has 1 unspecified atom stereocenters. The Kier molecular flexibility index (Phi) is 6.62. The fourth-order valence-corrected chi connectivity index (χ4v) is 2.09. The first kappa shape index (κ1) is 16.3. The first-order valence-corrected chi connectivity index (χ1v) is 7.06. The number of nitrogens with one attached hydrogen (secondary N) is 1. The Morgan fingerprint density at radius 2 is 1.79 bits per heavy atom. The summed E-state index contributed by atoms with van der Waals surface area (Å²) >= 11 is 3.56. The molecule has 1 N–H and O–H groups in total. The number of halogens is 1. The second kappa shape index (κ2) is 7.72. The van der Waals surface area contributed by atoms with Crippen LogP contribution in [-0.2, 0) is 6.54 Å². The van der Waals surface area contributed by atoms with Crippen molar-refractivity contribution < 1.29 is 9.47 Å². The van der Waals surface area contributed by atoms with Gasteiger partial charge < -0.3 is 19.7 Å². The first-order valence-electron chi connectivity index (χ1n) is 6.27. The second-order valence-electron chi connectivity index (χ2n) is 4.74. The van der Waals surface area contributed by atoms with Gasteiger partial charge in [-0.05, 0) is 38.7 Å². The molecule has 0 aliphatic carbocycles. The van der Waals surface area contributed by atoms with Crippen LogP contribution in [0.1, 0.15) is 12.5 Å². The van der Waals surface area contributed by atoms with Crippen molar-refractivity contribution in [2.75, 3.05) is 34.9 Å². The minimum absolute atomic E-state index is 0.499. The van der Waals surface area contributed by atoms with E-state index in [1.807, 2.05) is 12.1 Å². The molecule has 0 heterocycles. The molecule has 1 aromatic carbocycles. The number of rotatable bonds is 7. The van der Waals surface area contributed by atoms with Gasteiger partial charge in [0, 0.05) is 23.6 Å². The minimum atomic E-state index is 0.499. The third kappa shape index (κ3) is 4.67. The average Bonchev–Trinajstić information content (AvgIpc) is 2.39. The molecule has 0 bridgehead atoms. The standard InChI is InChI=1S/C14H23BrN2O2/c1-10(17(2)3)8-16-9-11-6-13(18-4)14(19-5)7-12(11)15/h6-7,10,16H,8-9H2,1-5H3. The molecule has 5 heteroatoms. The second-order valence-corrected chi connectivity index (χ2v) is 5.60. The van der Waals surface area contributed by atoms with Crippen LogP contribution in [-0.4, -0.2) is 45.8 Å². The zero-order chi connectivity index (χ0) is 14.4. The molecule has 0 fully saturated rings. The van der Waals surface area contributed by atoms with Crippen LogP contribution in [0.15, 0.2) is 16.6 Å². The van der Waals surface area contributed by atoms with Gasteiger partial charge in [0.1, 0.15) is 0 Å². The summed E-state index contributed by atoms with van der Waals surface area (Å²) in [7, 11) is 7.45. The summed E-state index contributed by atoms with van der Waals surface area (Å²) in [6, 6.07) is 4.43. The zero-order valence-corrected chi connectivity index (χ0v) is 13.9. The third-order valence-corrected chi connectivity index (χ3v) is 3.93. The van der Waals surface area contributed by atoms with Gasteiger partial charge in [0.25, 0.3) is 0 Å². The van der Waals surface area contributed by atoms with E-state index in [1.165, 1.54) is 0 Å². The predicted octanol–water partition coefficient (Wildman–Crippen LogP) is 2.51. The maximum Gasteiger partial charge on any atom is 0.161 e. The zero-order valence-electron chi connectivity index (χ0n) is 12.3. The summed E-state index contributed by atoms with van der Waals surface area (Å²) in [6.07, 6.45) is 0. The topological polar surface area (TPSA) is 33.7 Å². The van der Waals surface area contributed by atoms with Crippen molar-refractivity contribution in [2.24, 2.45) is 0 Å². The lowest BCUT2D eigenvalue weighted by Crippen LogP contribution is -2.35. The molecular formula is C14H23BrN2O2. The quantitative estimate of drug-likeness (QED) is 0.832. The molecule has 0 aliphatic heterocycles. The van der Waals surface area contributed by atoms with E-state index in [4.69, 9.17) is 9.47 Å². The van der Waals surface area contributed by atoms with Crippen molar-refractivity contribution >= 4 is 15.9 Å². The highest BCUT2D eigenvalue weighted by Gasteiger charge is 2.10. The van der Waals surface area contributed by atoms with Crippen LogP contribution in [0, 0.1) is 0 Å². The van der Waals surface area contributed by atoms with Gasteiger partial charge in [-0.3, -0.25) is 0 Å². The van der Waals surface area contributed by atoms with Gasteiger partial charge >= 0.3 is 0 Å². The van der Waals surface area contributed by atoms with Crippen LogP contribution < -0.4 is 14.8 Å². The van der Waals surface area contributed by atoms with Gasteiger partial charge in [-0.2, -0.15) is 0 Å². The Labute approximate surface area is 124 Å². The summed E-state index contributed by atoms with van der Waals surface area (Å²) < 4.78 is 11.6.